The summed E-state index contributed by atoms with van der Waals surface area (Å²) in [6, 6.07) is -1.13. The first kappa shape index (κ1) is 36.6. The Bertz CT molecular complexity index is 1030. The molecule has 0 bridgehead atoms. The van der Waals surface area contributed by atoms with Gasteiger partial charge in [0.15, 0.2) is 18.1 Å². The summed E-state index contributed by atoms with van der Waals surface area (Å²) in [4.78, 5) is 56.1. The minimum Gasteiger partial charge on any atom is -0.387 e. The van der Waals surface area contributed by atoms with Crippen LogP contribution < -0.4 is 5.32 Å². The smallest absolute Gasteiger partial charge is 0.387 e. The second kappa shape index (κ2) is 13.8. The summed E-state index contributed by atoms with van der Waals surface area (Å²) in [7, 11) is -16.8. The van der Waals surface area contributed by atoms with Gasteiger partial charge in [0, 0.05) is 88.7 Å². The second-order valence-corrected chi connectivity index (χ2v) is 10.7. The quantitative estimate of drug-likeness (QED) is 0.0980. The number of hydrogen-bond acceptors (Lipinski definition) is 13. The number of aliphatic hydroxyl groups excluding tert-OH is 2. The van der Waals surface area contributed by atoms with E-state index in [0.29, 0.717) is 0 Å². The third-order valence-corrected chi connectivity index (χ3v) is 7.80. The van der Waals surface area contributed by atoms with Crippen molar-refractivity contribution >= 4 is 136 Å². The number of ether oxygens (including phenoxy) is 1. The number of nitrogens with one attached hydrogen (secondary N) is 2. The van der Waals surface area contributed by atoms with E-state index in [9.17, 15) is 33.6 Å². The second-order valence-electron chi connectivity index (χ2n) is 6.32. The Morgan fingerprint density at radius 2 is 1.66 bits per heavy atom. The maximum Gasteiger partial charge on any atom is 0.490 e. The van der Waals surface area contributed by atoms with Crippen LogP contribution in [0.2, 0.25) is 0 Å². The van der Waals surface area contributed by atoms with E-state index in [1.54, 1.807) is 0 Å². The Hall–Kier alpha value is 1.57. The van der Waals surface area contributed by atoms with Gasteiger partial charge in [-0.1, -0.05) is 0 Å². The van der Waals surface area contributed by atoms with Crippen LogP contribution in [-0.4, -0.2) is 185 Å². The minimum absolute atomic E-state index is 0. The third-order valence-electron chi connectivity index (χ3n) is 3.99. The zero-order chi connectivity index (χ0) is 24.1. The van der Waals surface area contributed by atoms with Crippen molar-refractivity contribution in [1.82, 2.24) is 10.2 Å². The number of phosphoric ester groups is 1. The van der Waals surface area contributed by atoms with Crippen LogP contribution in [0.15, 0.2) is 9.98 Å². The molecule has 0 aromatic carbocycles. The molecule has 3 aliphatic rings. The van der Waals surface area contributed by atoms with Gasteiger partial charge >= 0.3 is 23.5 Å². The van der Waals surface area contributed by atoms with Crippen LogP contribution >= 0.6 is 23.5 Å². The zero-order valence-electron chi connectivity index (χ0n) is 18.3. The molecule has 1 fully saturated rings. The van der Waals surface area contributed by atoms with Crippen LogP contribution in [-0.2, 0) is 36.4 Å². The molecule has 3 aliphatic heterocycles. The third kappa shape index (κ3) is 9.61. The summed E-state index contributed by atoms with van der Waals surface area (Å²) in [6.07, 6.45) is -5.35. The molecule has 3 radical (unpaired) electrons. The molecule has 3 rings (SSSR count). The van der Waals surface area contributed by atoms with Crippen molar-refractivity contribution in [3.05, 3.63) is 0 Å². The van der Waals surface area contributed by atoms with Crippen molar-refractivity contribution in [2.75, 3.05) is 6.61 Å². The van der Waals surface area contributed by atoms with E-state index in [-0.39, 0.29) is 94.5 Å². The Morgan fingerprint density at radius 1 is 1.06 bits per heavy atom. The van der Waals surface area contributed by atoms with Crippen molar-refractivity contribution < 1.29 is 66.2 Å². The summed E-state index contributed by atoms with van der Waals surface area (Å²) in [6.45, 7) is -1.02. The molecule has 19 nitrogen and oxygen atoms in total. The number of aliphatic imine (C=N–C) groups is 2. The van der Waals surface area contributed by atoms with Crippen molar-refractivity contribution in [2.24, 2.45) is 9.98 Å². The predicted molar refractivity (Wildman–Crippen MR) is 115 cm³/mol. The maximum atomic E-state index is 11.8. The minimum atomic E-state index is -5.73. The molecular formula is C10H16N5Na3O14P3. The number of guanidine groups is 1. The van der Waals surface area contributed by atoms with E-state index in [1.807, 2.05) is 0 Å². The number of phosphoric acid groups is 3. The molecule has 3 unspecified atom stereocenters. The molecule has 1 amide bonds. The molecule has 183 valence electrons. The fourth-order valence-electron chi connectivity index (χ4n) is 2.80. The fraction of sp³-hybridized carbons (Fsp3) is 0.600. The standard InChI is InChI=1S/C10H16N5O14P3.3Na/c11-10-13-7-4(8(18)14-10)12-2-15(7)9-6(17)5(16)3(27-9)1-26-31(22,23)29-32(24,25)28-30(19,20)21;;;/h2-6,9,16-17H,1H2,(H,22,23)(H,24,25)(H2,11,14,18)(H2,19,20,21);;;/t3-,4?,5-,6-,9-;;;/m1.../s1. The van der Waals surface area contributed by atoms with Gasteiger partial charge in [-0.15, -0.1) is 0 Å². The molecule has 25 heteroatoms. The monoisotopic (exact) mass is 592 g/mol. The van der Waals surface area contributed by atoms with E-state index in [2.05, 4.69) is 28.4 Å². The molecule has 8 N–H and O–H groups in total. The van der Waals surface area contributed by atoms with Crippen LogP contribution in [0.25, 0.3) is 0 Å². The summed E-state index contributed by atoms with van der Waals surface area (Å²) in [5.74, 6) is -1.27. The average Bonchev–Trinajstić information content (AvgIpc) is 3.12. The van der Waals surface area contributed by atoms with Gasteiger partial charge in [0.1, 0.15) is 18.3 Å². The first-order chi connectivity index (χ1) is 14.6. The van der Waals surface area contributed by atoms with E-state index in [0.717, 1.165) is 11.2 Å². The molecule has 1 saturated heterocycles. The Morgan fingerprint density at radius 3 is 2.23 bits per heavy atom. The van der Waals surface area contributed by atoms with Gasteiger partial charge in [-0.3, -0.25) is 29.9 Å². The van der Waals surface area contributed by atoms with Crippen molar-refractivity contribution in [3.8, 4) is 0 Å². The number of fused-ring (bicyclic) bond motifs is 1. The topological polar surface area (TPSA) is 290 Å². The van der Waals surface area contributed by atoms with Crippen molar-refractivity contribution in [2.45, 2.75) is 30.6 Å². The number of amides is 1. The number of rotatable bonds is 8. The molecule has 35 heavy (non-hydrogen) atoms. The molecular weight excluding hydrogens is 576 g/mol. The molecule has 7 atom stereocenters. The Balaban J connectivity index is 0.00000385. The number of amidine groups is 1. The van der Waals surface area contributed by atoms with Gasteiger partial charge in [-0.2, -0.15) is 13.6 Å². The van der Waals surface area contributed by atoms with E-state index in [4.69, 9.17) is 24.8 Å². The average molecular weight is 592 g/mol. The normalized spacial score (nSPS) is 31.1. The number of carbonyl (C=O) groups excluding carboxylic acids is 1. The van der Waals surface area contributed by atoms with Crippen LogP contribution in [0.5, 0.6) is 0 Å². The number of carbonyl (C=O) groups is 1. The largest absolute Gasteiger partial charge is 0.490 e. The van der Waals surface area contributed by atoms with Gasteiger partial charge in [-0.25, -0.2) is 13.7 Å². The van der Waals surface area contributed by atoms with Crippen LogP contribution in [0.1, 0.15) is 0 Å². The van der Waals surface area contributed by atoms with Crippen LogP contribution in [0.3, 0.4) is 0 Å². The predicted octanol–water partition coefficient (Wildman–Crippen LogP) is -4.19. The molecule has 0 aromatic rings. The maximum absolute atomic E-state index is 11.8. The number of nitrogens with zero attached hydrogens (tertiary/aromatic N) is 3. The Labute approximate surface area is 262 Å². The van der Waals surface area contributed by atoms with Crippen molar-refractivity contribution in [1.29, 1.82) is 5.41 Å². The van der Waals surface area contributed by atoms with Gasteiger partial charge in [0.05, 0.1) is 12.9 Å². The summed E-state index contributed by atoms with van der Waals surface area (Å²) < 4.78 is 50.5. The molecule has 0 saturated carbocycles. The Kier molecular flexibility index (Phi) is 14.4. The van der Waals surface area contributed by atoms with Crippen molar-refractivity contribution in [3.63, 3.8) is 0 Å². The zero-order valence-corrected chi connectivity index (χ0v) is 27.0. The fourth-order valence-corrected chi connectivity index (χ4v) is 5.83. The van der Waals surface area contributed by atoms with Gasteiger partial charge in [0.2, 0.25) is 5.96 Å². The van der Waals surface area contributed by atoms with Gasteiger partial charge in [-0.05, 0) is 0 Å². The van der Waals surface area contributed by atoms with E-state index < -0.39 is 72.5 Å². The SMILES string of the molecule is N=C1N=C2C(N=CN2[C@@H]2O[C@H](COP(=O)(O)OP(=O)(O)OP(=O)(O)O)[C@@H](O)[C@H]2O)C(=O)N1.[Na].[Na].[Na]. The number of hydrogen-bond donors (Lipinski definition) is 8. The molecule has 3 heterocycles. The summed E-state index contributed by atoms with van der Waals surface area (Å²) in [5, 5.41) is 30.0. The summed E-state index contributed by atoms with van der Waals surface area (Å²) in [5.41, 5.74) is 0. The van der Waals surface area contributed by atoms with E-state index >= 15 is 0 Å². The molecule has 0 spiro atoms. The molecule has 0 aliphatic carbocycles. The van der Waals surface area contributed by atoms with Gasteiger partial charge in [0.25, 0.3) is 5.91 Å². The first-order valence-corrected chi connectivity index (χ1v) is 12.7. The van der Waals surface area contributed by atoms with Crippen LogP contribution in [0.4, 0.5) is 0 Å². The summed E-state index contributed by atoms with van der Waals surface area (Å²) >= 11 is 0. The molecule has 0 aromatic heterocycles. The van der Waals surface area contributed by atoms with Gasteiger partial charge < -0.3 is 34.5 Å². The first-order valence-electron chi connectivity index (χ1n) is 8.18. The van der Waals surface area contributed by atoms with Crippen LogP contribution in [0, 0.1) is 5.41 Å². The number of aliphatic hydroxyl groups is 2. The van der Waals surface area contributed by atoms with E-state index in [1.165, 1.54) is 0 Å².